The van der Waals surface area contributed by atoms with Crippen LogP contribution in [-0.2, 0) is 9.36 Å². The zero-order valence-electron chi connectivity index (χ0n) is 13.7. The molecule has 0 saturated carbocycles. The van der Waals surface area contributed by atoms with E-state index in [0.717, 1.165) is 0 Å². The summed E-state index contributed by atoms with van der Waals surface area (Å²) in [5.74, 6) is -1.42. The van der Waals surface area contributed by atoms with E-state index < -0.39 is 19.4 Å². The Morgan fingerprint density at radius 1 is 1.32 bits per heavy atom. The summed E-state index contributed by atoms with van der Waals surface area (Å²) in [7, 11) is 3.25. The molecule has 2 radical (unpaired) electrons. The second-order valence-electron chi connectivity index (χ2n) is 5.13. The standard InChI is InChI=1S/C13H11N5O3.CH3BOP/c1-6-3-15-12(18-5-16-7(2)17-18)10-9(6)8(4-14-10)11(19)13(20)21;1-4(2)3/h3-5,14H,1-2H3,(H,20,21);1H3/q;+1. The maximum atomic E-state index is 11.7. The fourth-order valence-corrected chi connectivity index (χ4v) is 2.21. The van der Waals surface area contributed by atoms with Crippen molar-refractivity contribution in [3.8, 4) is 5.82 Å². The lowest BCUT2D eigenvalue weighted by molar-refractivity contribution is -0.131. The summed E-state index contributed by atoms with van der Waals surface area (Å²) in [5.41, 5.74) is 1.36. The molecular formula is C14H14BN5O4P+. The largest absolute Gasteiger partial charge is 0.502 e. The van der Waals surface area contributed by atoms with Gasteiger partial charge in [0.2, 0.25) is 0 Å². The molecule has 3 aromatic rings. The molecule has 2 N–H and O–H groups in total. The van der Waals surface area contributed by atoms with Crippen LogP contribution in [0.4, 0.5) is 0 Å². The third-order valence-corrected chi connectivity index (χ3v) is 3.14. The third kappa shape index (κ3) is 3.97. The first kappa shape index (κ1) is 18.5. The Balaban J connectivity index is 0.000000511. The molecule has 11 heteroatoms. The number of rotatable bonds is 3. The molecule has 3 aromatic heterocycles. The van der Waals surface area contributed by atoms with Crippen molar-refractivity contribution in [2.75, 3.05) is 6.66 Å². The first-order valence-corrected chi connectivity index (χ1v) is 8.78. The lowest BCUT2D eigenvalue weighted by Gasteiger charge is -2.04. The first-order chi connectivity index (χ1) is 11.7. The van der Waals surface area contributed by atoms with Crippen LogP contribution in [0.5, 0.6) is 0 Å². The van der Waals surface area contributed by atoms with E-state index in [1.165, 1.54) is 23.9 Å². The molecule has 0 aliphatic heterocycles. The monoisotopic (exact) mass is 358 g/mol. The average Bonchev–Trinajstić information content (AvgIpc) is 3.13. The molecule has 0 amide bonds. The Labute approximate surface area is 144 Å². The number of aryl methyl sites for hydroxylation is 2. The number of aromatic nitrogens is 5. The number of carboxylic acids is 1. The van der Waals surface area contributed by atoms with E-state index in [1.807, 2.05) is 0 Å². The highest BCUT2D eigenvalue weighted by Crippen LogP contribution is 2.26. The topological polar surface area (TPSA) is 131 Å². The molecule has 1 unspecified atom stereocenters. The minimum absolute atomic E-state index is 0.107. The van der Waals surface area contributed by atoms with Gasteiger partial charge in [-0.1, -0.05) is 0 Å². The Morgan fingerprint density at radius 2 is 1.96 bits per heavy atom. The second-order valence-corrected chi connectivity index (χ2v) is 6.23. The van der Waals surface area contributed by atoms with Crippen LogP contribution in [0.25, 0.3) is 16.7 Å². The van der Waals surface area contributed by atoms with Crippen LogP contribution in [0.15, 0.2) is 18.7 Å². The number of aliphatic carboxylic acids is 1. The van der Waals surface area contributed by atoms with Crippen LogP contribution in [0.2, 0.25) is 0 Å². The summed E-state index contributed by atoms with van der Waals surface area (Å²) in [6, 6.07) is 0. The third-order valence-electron chi connectivity index (χ3n) is 3.14. The number of ketones is 1. The Bertz CT molecular complexity index is 977. The highest BCUT2D eigenvalue weighted by molar-refractivity contribution is 7.71. The zero-order chi connectivity index (χ0) is 18.7. The van der Waals surface area contributed by atoms with Gasteiger partial charge in [0.15, 0.2) is 5.82 Å². The second kappa shape index (κ2) is 7.35. The van der Waals surface area contributed by atoms with E-state index in [0.29, 0.717) is 28.1 Å². The van der Waals surface area contributed by atoms with Crippen LogP contribution >= 0.6 is 7.68 Å². The highest BCUT2D eigenvalue weighted by Gasteiger charge is 2.22. The van der Waals surface area contributed by atoms with Gasteiger partial charge in [-0.2, -0.15) is 5.10 Å². The summed E-state index contributed by atoms with van der Waals surface area (Å²) in [6.07, 6.45) is 4.45. The number of pyridine rings is 1. The number of Topliss-reactive ketones (excluding diaryl/α,β-unsaturated/α-hetero) is 1. The van der Waals surface area contributed by atoms with E-state index in [4.69, 9.17) is 5.11 Å². The fraction of sp³-hybridized carbons (Fsp3) is 0.214. The molecule has 25 heavy (non-hydrogen) atoms. The molecule has 0 aliphatic rings. The molecule has 9 nitrogen and oxygen atoms in total. The lowest BCUT2D eigenvalue weighted by atomic mass is 10.1. The number of nitrogens with zero attached hydrogens (tertiary/aromatic N) is 4. The Morgan fingerprint density at radius 3 is 2.48 bits per heavy atom. The quantitative estimate of drug-likeness (QED) is 0.314. The van der Waals surface area contributed by atoms with E-state index >= 15 is 0 Å². The van der Waals surface area contributed by atoms with Crippen molar-refractivity contribution >= 4 is 37.9 Å². The molecule has 126 valence electrons. The van der Waals surface area contributed by atoms with Crippen LogP contribution in [-0.4, -0.2) is 55.8 Å². The van der Waals surface area contributed by atoms with Gasteiger partial charge in [-0.15, -0.1) is 4.57 Å². The highest BCUT2D eigenvalue weighted by atomic mass is 31.1. The van der Waals surface area contributed by atoms with Gasteiger partial charge in [-0.05, 0) is 19.4 Å². The van der Waals surface area contributed by atoms with E-state index in [2.05, 4.69) is 27.6 Å². The van der Waals surface area contributed by atoms with Gasteiger partial charge in [-0.25, -0.2) is 19.4 Å². The molecule has 0 bridgehead atoms. The van der Waals surface area contributed by atoms with Gasteiger partial charge in [-0.3, -0.25) is 4.79 Å². The average molecular weight is 358 g/mol. The molecule has 0 aromatic carbocycles. The number of aromatic amines is 1. The molecular weight excluding hydrogens is 344 g/mol. The summed E-state index contributed by atoms with van der Waals surface area (Å²) < 4.78 is 10.8. The van der Waals surface area contributed by atoms with E-state index in [1.54, 1.807) is 20.0 Å². The van der Waals surface area contributed by atoms with Crippen LogP contribution in [0, 0.1) is 13.8 Å². The van der Waals surface area contributed by atoms with E-state index in [9.17, 15) is 14.2 Å². The summed E-state index contributed by atoms with van der Waals surface area (Å²) in [5, 5.41) is 13.6. The van der Waals surface area contributed by atoms with Crippen molar-refractivity contribution in [2.24, 2.45) is 0 Å². The van der Waals surface area contributed by atoms with Gasteiger partial charge >= 0.3 is 13.5 Å². The number of carbonyl (C=O) groups is 2. The number of H-pyrrole nitrogens is 1. The zero-order valence-corrected chi connectivity index (χ0v) is 14.6. The molecule has 1 atom stereocenters. The van der Waals surface area contributed by atoms with Gasteiger partial charge in [0, 0.05) is 17.8 Å². The molecule has 3 rings (SSSR count). The van der Waals surface area contributed by atoms with Crippen molar-refractivity contribution in [1.82, 2.24) is 24.7 Å². The number of carbonyl (C=O) groups excluding carboxylic acids is 1. The molecule has 0 saturated heterocycles. The van der Waals surface area contributed by atoms with Crippen molar-refractivity contribution in [2.45, 2.75) is 13.8 Å². The number of hydrogen-bond acceptors (Lipinski definition) is 6. The lowest BCUT2D eigenvalue weighted by Crippen LogP contribution is -2.12. The predicted molar refractivity (Wildman–Crippen MR) is 91.7 cm³/mol. The van der Waals surface area contributed by atoms with Crippen LogP contribution < -0.4 is 0 Å². The molecule has 0 aliphatic carbocycles. The smallest absolute Gasteiger partial charge is 0.475 e. The number of hydrogen-bond donors (Lipinski definition) is 2. The minimum Gasteiger partial charge on any atom is -0.475 e. The van der Waals surface area contributed by atoms with Crippen molar-refractivity contribution in [3.05, 3.63) is 35.7 Å². The number of carboxylic acid groups (broad SMARTS) is 1. The fourth-order valence-electron chi connectivity index (χ4n) is 2.21. The summed E-state index contributed by atoms with van der Waals surface area (Å²) in [4.78, 5) is 33.9. The normalized spacial score (nSPS) is 10.9. The molecule has 0 fully saturated rings. The minimum atomic E-state index is -1.50. The number of nitrogens with one attached hydrogen (secondary N) is 1. The van der Waals surface area contributed by atoms with Crippen molar-refractivity contribution in [1.29, 1.82) is 0 Å². The van der Waals surface area contributed by atoms with Gasteiger partial charge in [0.25, 0.3) is 13.5 Å². The molecule has 3 heterocycles. The maximum absolute atomic E-state index is 11.7. The van der Waals surface area contributed by atoms with Crippen LogP contribution in [0.3, 0.4) is 0 Å². The van der Waals surface area contributed by atoms with Crippen molar-refractivity contribution in [3.63, 3.8) is 0 Å². The maximum Gasteiger partial charge on any atom is 0.502 e. The number of fused-ring (bicyclic) bond motifs is 1. The SMILES string of the molecule is Cc1ncn(-c2ncc(C)c3c(C(=O)C(=O)O)c[nH]c23)n1.[B][P+](C)=O. The Hall–Kier alpha value is -2.87. The van der Waals surface area contributed by atoms with Gasteiger partial charge < -0.3 is 10.1 Å². The first-order valence-electron chi connectivity index (χ1n) is 7.00. The summed E-state index contributed by atoms with van der Waals surface area (Å²) >= 11 is 0. The summed E-state index contributed by atoms with van der Waals surface area (Å²) in [6.45, 7) is 4.96. The predicted octanol–water partition coefficient (Wildman–Crippen LogP) is 1.55. The van der Waals surface area contributed by atoms with E-state index in [-0.39, 0.29) is 5.56 Å². The van der Waals surface area contributed by atoms with Gasteiger partial charge in [0.1, 0.15) is 18.8 Å². The van der Waals surface area contributed by atoms with Crippen LogP contribution in [0.1, 0.15) is 21.7 Å². The van der Waals surface area contributed by atoms with Crippen molar-refractivity contribution < 1.29 is 19.3 Å². The Kier molecular flexibility index (Phi) is 5.43. The molecule has 0 spiro atoms. The van der Waals surface area contributed by atoms with Gasteiger partial charge in [0.05, 0.1) is 11.1 Å².